The van der Waals surface area contributed by atoms with Gasteiger partial charge >= 0.3 is 0 Å². The summed E-state index contributed by atoms with van der Waals surface area (Å²) in [4.78, 5) is 22.2. The van der Waals surface area contributed by atoms with Crippen LogP contribution < -0.4 is 5.32 Å². The number of rotatable bonds is 6. The van der Waals surface area contributed by atoms with Crippen molar-refractivity contribution in [1.29, 1.82) is 5.26 Å². The summed E-state index contributed by atoms with van der Waals surface area (Å²) in [6.45, 7) is 1.33. The fourth-order valence-corrected chi connectivity index (χ4v) is 1.62. The molecular formula is C14H16N2O4. The molecule has 0 aromatic heterocycles. The average Bonchev–Trinajstić information content (AvgIpc) is 2.38. The van der Waals surface area contributed by atoms with E-state index in [4.69, 9.17) is 5.26 Å². The summed E-state index contributed by atoms with van der Waals surface area (Å²) in [6.07, 6.45) is -2.67. The molecule has 0 spiro atoms. The monoisotopic (exact) mass is 276 g/mol. The molecule has 106 valence electrons. The van der Waals surface area contributed by atoms with Gasteiger partial charge in [0.2, 0.25) is 5.91 Å². The number of nitrogens with zero attached hydrogens (tertiary/aromatic N) is 1. The lowest BCUT2D eigenvalue weighted by Gasteiger charge is -2.16. The number of aliphatic hydroxyl groups is 2. The Morgan fingerprint density at radius 1 is 1.30 bits per heavy atom. The molecular weight excluding hydrogens is 260 g/mol. The van der Waals surface area contributed by atoms with Crippen molar-refractivity contribution in [3.63, 3.8) is 0 Å². The predicted molar refractivity (Wildman–Crippen MR) is 71.6 cm³/mol. The Kier molecular flexibility index (Phi) is 5.84. The molecule has 6 nitrogen and oxygen atoms in total. The molecule has 1 rings (SSSR count). The van der Waals surface area contributed by atoms with Crippen molar-refractivity contribution in [2.75, 3.05) is 5.32 Å². The van der Waals surface area contributed by atoms with Gasteiger partial charge in [0.1, 0.15) is 11.9 Å². The van der Waals surface area contributed by atoms with E-state index in [9.17, 15) is 19.8 Å². The van der Waals surface area contributed by atoms with Crippen molar-refractivity contribution < 1.29 is 19.8 Å². The Labute approximate surface area is 116 Å². The molecule has 20 heavy (non-hydrogen) atoms. The summed E-state index contributed by atoms with van der Waals surface area (Å²) in [5, 5.41) is 30.3. The minimum atomic E-state index is -1.16. The van der Waals surface area contributed by atoms with E-state index in [-0.39, 0.29) is 18.6 Å². The van der Waals surface area contributed by atoms with Gasteiger partial charge in [-0.1, -0.05) is 12.1 Å². The normalized spacial score (nSPS) is 13.1. The quantitative estimate of drug-likeness (QED) is 0.669. The summed E-state index contributed by atoms with van der Waals surface area (Å²) in [5.41, 5.74) is 0.930. The molecule has 0 heterocycles. The number of amides is 1. The third kappa shape index (κ3) is 4.80. The van der Waals surface area contributed by atoms with Gasteiger partial charge in [-0.2, -0.15) is 5.26 Å². The Morgan fingerprint density at radius 3 is 2.40 bits per heavy atom. The second-order valence-electron chi connectivity index (χ2n) is 4.42. The summed E-state index contributed by atoms with van der Waals surface area (Å²) in [6, 6.07) is 7.95. The number of carbonyl (C=O) groups is 2. The van der Waals surface area contributed by atoms with Crippen molar-refractivity contribution >= 4 is 17.4 Å². The van der Waals surface area contributed by atoms with Crippen LogP contribution in [0.3, 0.4) is 0 Å². The van der Waals surface area contributed by atoms with Crippen LogP contribution in [0.15, 0.2) is 24.3 Å². The van der Waals surface area contributed by atoms with Gasteiger partial charge in [-0.15, -0.1) is 0 Å². The second kappa shape index (κ2) is 7.38. The average molecular weight is 276 g/mol. The van der Waals surface area contributed by atoms with Crippen LogP contribution in [0.1, 0.15) is 31.4 Å². The maximum Gasteiger partial charge on any atom is 0.231 e. The predicted octanol–water partition coefficient (Wildman–Crippen LogP) is 0.912. The van der Waals surface area contributed by atoms with E-state index in [1.54, 1.807) is 18.2 Å². The van der Waals surface area contributed by atoms with Crippen molar-refractivity contribution in [1.82, 2.24) is 0 Å². The molecule has 0 bridgehead atoms. The van der Waals surface area contributed by atoms with Gasteiger partial charge in [0, 0.05) is 5.69 Å². The number of Topliss-reactive ketones (excluding diaryl/α,β-unsaturated/α-hetero) is 1. The van der Waals surface area contributed by atoms with E-state index in [0.29, 0.717) is 11.3 Å². The fourth-order valence-electron chi connectivity index (χ4n) is 1.62. The van der Waals surface area contributed by atoms with Gasteiger partial charge < -0.3 is 15.5 Å². The SMILES string of the molecule is CC(=O)CC(=O)Nc1ccc(C(O)C(O)CC#N)cc1. The first kappa shape index (κ1) is 15.8. The van der Waals surface area contributed by atoms with Gasteiger partial charge in [-0.25, -0.2) is 0 Å². The first-order valence-corrected chi connectivity index (χ1v) is 6.06. The van der Waals surface area contributed by atoms with Crippen LogP contribution in [-0.2, 0) is 9.59 Å². The molecule has 0 radical (unpaired) electrons. The zero-order chi connectivity index (χ0) is 15.1. The number of hydrogen-bond acceptors (Lipinski definition) is 5. The molecule has 6 heteroatoms. The highest BCUT2D eigenvalue weighted by molar-refractivity contribution is 6.03. The number of benzene rings is 1. The van der Waals surface area contributed by atoms with E-state index in [2.05, 4.69) is 5.32 Å². The third-order valence-corrected chi connectivity index (χ3v) is 2.61. The first-order valence-electron chi connectivity index (χ1n) is 6.06. The standard InChI is InChI=1S/C14H16N2O4/c1-9(17)8-13(19)16-11-4-2-10(3-5-11)14(20)12(18)6-7-15/h2-5,12,14,18,20H,6,8H2,1H3,(H,16,19). The lowest BCUT2D eigenvalue weighted by molar-refractivity contribution is -0.124. The number of nitriles is 1. The molecule has 0 fully saturated rings. The lowest BCUT2D eigenvalue weighted by atomic mass is 10.0. The smallest absolute Gasteiger partial charge is 0.231 e. The molecule has 2 atom stereocenters. The van der Waals surface area contributed by atoms with Gasteiger partial charge in [-0.3, -0.25) is 9.59 Å². The minimum Gasteiger partial charge on any atom is -0.389 e. The van der Waals surface area contributed by atoms with Crippen LogP contribution in [0.25, 0.3) is 0 Å². The lowest BCUT2D eigenvalue weighted by Crippen LogP contribution is -2.18. The van der Waals surface area contributed by atoms with Crippen molar-refractivity contribution in [2.24, 2.45) is 0 Å². The van der Waals surface area contributed by atoms with E-state index in [1.165, 1.54) is 19.1 Å². The van der Waals surface area contributed by atoms with Gasteiger partial charge in [0.25, 0.3) is 0 Å². The summed E-state index contributed by atoms with van der Waals surface area (Å²) < 4.78 is 0. The second-order valence-corrected chi connectivity index (χ2v) is 4.42. The van der Waals surface area contributed by atoms with Gasteiger partial charge in [-0.05, 0) is 24.6 Å². The largest absolute Gasteiger partial charge is 0.389 e. The van der Waals surface area contributed by atoms with Gasteiger partial charge in [0.05, 0.1) is 25.0 Å². The number of hydrogen-bond donors (Lipinski definition) is 3. The Balaban J connectivity index is 2.67. The van der Waals surface area contributed by atoms with E-state index < -0.39 is 18.1 Å². The van der Waals surface area contributed by atoms with Gasteiger partial charge in [0.15, 0.2) is 0 Å². The molecule has 0 saturated heterocycles. The maximum atomic E-state index is 11.4. The first-order chi connectivity index (χ1) is 9.43. The maximum absolute atomic E-state index is 11.4. The Hall–Kier alpha value is -2.23. The van der Waals surface area contributed by atoms with Crippen molar-refractivity contribution in [3.8, 4) is 6.07 Å². The highest BCUT2D eigenvalue weighted by atomic mass is 16.3. The number of anilines is 1. The molecule has 2 unspecified atom stereocenters. The highest BCUT2D eigenvalue weighted by Crippen LogP contribution is 2.20. The van der Waals surface area contributed by atoms with Crippen LogP contribution in [0, 0.1) is 11.3 Å². The molecule has 1 amide bonds. The summed E-state index contributed by atoms with van der Waals surface area (Å²) >= 11 is 0. The number of aliphatic hydroxyl groups excluding tert-OH is 2. The number of nitrogens with one attached hydrogen (secondary N) is 1. The molecule has 0 aliphatic carbocycles. The highest BCUT2D eigenvalue weighted by Gasteiger charge is 2.17. The summed E-state index contributed by atoms with van der Waals surface area (Å²) in [5.74, 6) is -0.635. The van der Waals surface area contributed by atoms with Crippen LogP contribution in [0.2, 0.25) is 0 Å². The van der Waals surface area contributed by atoms with Crippen LogP contribution >= 0.6 is 0 Å². The van der Waals surface area contributed by atoms with E-state index >= 15 is 0 Å². The topological polar surface area (TPSA) is 110 Å². The van der Waals surface area contributed by atoms with Crippen molar-refractivity contribution in [3.05, 3.63) is 29.8 Å². The number of ketones is 1. The molecule has 1 aromatic carbocycles. The zero-order valence-electron chi connectivity index (χ0n) is 11.0. The summed E-state index contributed by atoms with van der Waals surface area (Å²) in [7, 11) is 0. The minimum absolute atomic E-state index is 0.168. The molecule has 3 N–H and O–H groups in total. The van der Waals surface area contributed by atoms with E-state index in [0.717, 1.165) is 0 Å². The number of carbonyl (C=O) groups excluding carboxylic acids is 2. The Bertz CT molecular complexity index is 519. The van der Waals surface area contributed by atoms with Crippen LogP contribution in [-0.4, -0.2) is 28.0 Å². The zero-order valence-corrected chi connectivity index (χ0v) is 11.0. The molecule has 0 aliphatic heterocycles. The van der Waals surface area contributed by atoms with Crippen LogP contribution in [0.4, 0.5) is 5.69 Å². The van der Waals surface area contributed by atoms with E-state index in [1.807, 2.05) is 0 Å². The molecule has 0 aliphatic rings. The van der Waals surface area contributed by atoms with Crippen molar-refractivity contribution in [2.45, 2.75) is 32.0 Å². The van der Waals surface area contributed by atoms with Crippen LogP contribution in [0.5, 0.6) is 0 Å². The molecule has 0 saturated carbocycles. The molecule has 1 aromatic rings. The Morgan fingerprint density at radius 2 is 1.90 bits per heavy atom. The fraction of sp³-hybridized carbons (Fsp3) is 0.357. The third-order valence-electron chi connectivity index (χ3n) is 2.61.